The normalized spacial score (nSPS) is 14.9. The third kappa shape index (κ3) is 2.02. The number of hydrogen-bond acceptors (Lipinski definition) is 5. The lowest BCUT2D eigenvalue weighted by Gasteiger charge is -2.18. The van der Waals surface area contributed by atoms with Crippen molar-refractivity contribution in [1.29, 1.82) is 0 Å². The molecule has 0 bridgehead atoms. The van der Waals surface area contributed by atoms with Crippen molar-refractivity contribution in [3.63, 3.8) is 0 Å². The highest BCUT2D eigenvalue weighted by Crippen LogP contribution is 2.19. The second-order valence-electron chi connectivity index (χ2n) is 3.97. The molecular weight excluding hydrogens is 226 g/mol. The van der Waals surface area contributed by atoms with Gasteiger partial charge in [0.15, 0.2) is 0 Å². The molecule has 2 aromatic rings. The third-order valence-electron chi connectivity index (χ3n) is 2.37. The number of carboxylic acids is 1. The van der Waals surface area contributed by atoms with Crippen LogP contribution in [0.2, 0.25) is 0 Å². The fourth-order valence-electron chi connectivity index (χ4n) is 1.44. The SMILES string of the molecule is CC(N)(Cc1ccc2snnc2c1)C(=O)O. The Morgan fingerprint density at radius 3 is 3.06 bits per heavy atom. The molecule has 3 N–H and O–H groups in total. The Morgan fingerprint density at radius 2 is 2.38 bits per heavy atom. The predicted octanol–water partition coefficient (Wildman–Crippen LogP) is 1.04. The Bertz CT molecular complexity index is 536. The highest BCUT2D eigenvalue weighted by Gasteiger charge is 2.28. The number of aromatic nitrogens is 2. The number of hydrogen-bond donors (Lipinski definition) is 2. The standard InChI is InChI=1S/C10H11N3O2S/c1-10(11,9(14)15)5-6-2-3-8-7(4-6)12-13-16-8/h2-4H,5,11H2,1H3,(H,14,15). The summed E-state index contributed by atoms with van der Waals surface area (Å²) in [7, 11) is 0. The number of carbonyl (C=O) groups is 1. The summed E-state index contributed by atoms with van der Waals surface area (Å²) in [6, 6.07) is 5.57. The molecule has 1 unspecified atom stereocenters. The molecule has 5 nitrogen and oxygen atoms in total. The van der Waals surface area contributed by atoms with Crippen LogP contribution < -0.4 is 5.73 Å². The van der Waals surface area contributed by atoms with Gasteiger partial charge in [-0.15, -0.1) is 5.10 Å². The number of rotatable bonds is 3. The summed E-state index contributed by atoms with van der Waals surface area (Å²) in [5.41, 5.74) is 6.06. The molecule has 0 aliphatic heterocycles. The maximum atomic E-state index is 10.9. The molecule has 0 aliphatic rings. The second kappa shape index (κ2) is 3.80. The van der Waals surface area contributed by atoms with Crippen molar-refractivity contribution in [1.82, 2.24) is 9.59 Å². The van der Waals surface area contributed by atoms with Gasteiger partial charge in [0.1, 0.15) is 11.1 Å². The minimum absolute atomic E-state index is 0.274. The van der Waals surface area contributed by atoms with E-state index < -0.39 is 11.5 Å². The van der Waals surface area contributed by atoms with Crippen LogP contribution >= 0.6 is 11.5 Å². The molecule has 84 valence electrons. The monoisotopic (exact) mass is 237 g/mol. The van der Waals surface area contributed by atoms with Crippen LogP contribution in [0, 0.1) is 0 Å². The average molecular weight is 237 g/mol. The number of benzene rings is 1. The summed E-state index contributed by atoms with van der Waals surface area (Å²) in [4.78, 5) is 10.9. The first-order valence-electron chi connectivity index (χ1n) is 4.72. The highest BCUT2D eigenvalue weighted by molar-refractivity contribution is 7.12. The molecule has 0 fully saturated rings. The van der Waals surface area contributed by atoms with Crippen molar-refractivity contribution < 1.29 is 9.90 Å². The van der Waals surface area contributed by atoms with Gasteiger partial charge in [-0.3, -0.25) is 4.79 Å². The number of fused-ring (bicyclic) bond motifs is 1. The largest absolute Gasteiger partial charge is 0.480 e. The van der Waals surface area contributed by atoms with E-state index in [1.807, 2.05) is 18.2 Å². The molecule has 1 atom stereocenters. The van der Waals surface area contributed by atoms with Crippen molar-refractivity contribution in [2.24, 2.45) is 5.73 Å². The van der Waals surface area contributed by atoms with Crippen molar-refractivity contribution >= 4 is 27.7 Å². The minimum atomic E-state index is -1.25. The summed E-state index contributed by atoms with van der Waals surface area (Å²) in [6.07, 6.45) is 0.274. The lowest BCUT2D eigenvalue weighted by atomic mass is 9.94. The van der Waals surface area contributed by atoms with Crippen LogP contribution in [0.4, 0.5) is 0 Å². The smallest absolute Gasteiger partial charge is 0.323 e. The maximum absolute atomic E-state index is 10.9. The van der Waals surface area contributed by atoms with Crippen LogP contribution in [-0.4, -0.2) is 26.2 Å². The van der Waals surface area contributed by atoms with Crippen LogP contribution in [-0.2, 0) is 11.2 Å². The molecule has 1 heterocycles. The summed E-state index contributed by atoms with van der Waals surface area (Å²) in [5.74, 6) is -1.01. The first kappa shape index (κ1) is 11.0. The predicted molar refractivity (Wildman–Crippen MR) is 61.3 cm³/mol. The van der Waals surface area contributed by atoms with Gasteiger partial charge in [0.25, 0.3) is 0 Å². The van der Waals surface area contributed by atoms with Crippen molar-refractivity contribution in [3.8, 4) is 0 Å². The first-order valence-corrected chi connectivity index (χ1v) is 5.50. The summed E-state index contributed by atoms with van der Waals surface area (Å²) in [6.45, 7) is 1.50. The Labute approximate surface area is 96.1 Å². The van der Waals surface area contributed by atoms with E-state index in [2.05, 4.69) is 9.59 Å². The van der Waals surface area contributed by atoms with E-state index in [0.29, 0.717) is 0 Å². The Hall–Kier alpha value is -1.53. The Morgan fingerprint density at radius 1 is 1.62 bits per heavy atom. The van der Waals surface area contributed by atoms with Gasteiger partial charge < -0.3 is 10.8 Å². The summed E-state index contributed by atoms with van der Waals surface area (Å²) >= 11 is 1.31. The molecule has 1 aromatic carbocycles. The highest BCUT2D eigenvalue weighted by atomic mass is 32.1. The topological polar surface area (TPSA) is 89.1 Å². The molecule has 0 aliphatic carbocycles. The molecule has 0 amide bonds. The Kier molecular flexibility index (Phi) is 2.61. The second-order valence-corrected chi connectivity index (χ2v) is 4.76. The van der Waals surface area contributed by atoms with Gasteiger partial charge in [0.05, 0.1) is 4.70 Å². The zero-order chi connectivity index (χ0) is 11.8. The van der Waals surface area contributed by atoms with Crippen LogP contribution in [0.1, 0.15) is 12.5 Å². The zero-order valence-electron chi connectivity index (χ0n) is 8.67. The van der Waals surface area contributed by atoms with Gasteiger partial charge in [0.2, 0.25) is 0 Å². The average Bonchev–Trinajstić information content (AvgIpc) is 2.63. The zero-order valence-corrected chi connectivity index (χ0v) is 9.49. The molecule has 16 heavy (non-hydrogen) atoms. The third-order valence-corrected chi connectivity index (χ3v) is 3.08. The molecule has 2 rings (SSSR count). The number of nitrogens with two attached hydrogens (primary N) is 1. The van der Waals surface area contributed by atoms with Crippen molar-refractivity contribution in [2.75, 3.05) is 0 Å². The first-order chi connectivity index (χ1) is 7.49. The number of nitrogens with zero attached hydrogens (tertiary/aromatic N) is 2. The van der Waals surface area contributed by atoms with Gasteiger partial charge in [0, 0.05) is 6.42 Å². The van der Waals surface area contributed by atoms with E-state index >= 15 is 0 Å². The van der Waals surface area contributed by atoms with E-state index in [1.54, 1.807) is 0 Å². The van der Waals surface area contributed by atoms with Gasteiger partial charge in [-0.2, -0.15) is 0 Å². The summed E-state index contributed by atoms with van der Waals surface area (Å²) in [5, 5.41) is 12.9. The van der Waals surface area contributed by atoms with E-state index in [0.717, 1.165) is 15.8 Å². The van der Waals surface area contributed by atoms with Crippen LogP contribution in [0.25, 0.3) is 10.2 Å². The van der Waals surface area contributed by atoms with Gasteiger partial charge in [-0.25, -0.2) is 0 Å². The van der Waals surface area contributed by atoms with Gasteiger partial charge >= 0.3 is 5.97 Å². The molecule has 0 spiro atoms. The van der Waals surface area contributed by atoms with E-state index in [-0.39, 0.29) is 6.42 Å². The number of aliphatic carboxylic acids is 1. The van der Waals surface area contributed by atoms with Crippen LogP contribution in [0.3, 0.4) is 0 Å². The minimum Gasteiger partial charge on any atom is -0.480 e. The van der Waals surface area contributed by atoms with Crippen molar-refractivity contribution in [3.05, 3.63) is 23.8 Å². The lowest BCUT2D eigenvalue weighted by molar-refractivity contribution is -0.142. The lowest BCUT2D eigenvalue weighted by Crippen LogP contribution is -2.46. The Balaban J connectivity index is 2.30. The van der Waals surface area contributed by atoms with Crippen molar-refractivity contribution in [2.45, 2.75) is 18.9 Å². The molecule has 0 saturated heterocycles. The summed E-state index contributed by atoms with van der Waals surface area (Å²) < 4.78 is 4.80. The molecule has 6 heteroatoms. The molecule has 1 aromatic heterocycles. The van der Waals surface area contributed by atoms with Gasteiger partial charge in [-0.05, 0) is 36.2 Å². The van der Waals surface area contributed by atoms with Crippen LogP contribution in [0.15, 0.2) is 18.2 Å². The molecule has 0 radical (unpaired) electrons. The van der Waals surface area contributed by atoms with Gasteiger partial charge in [-0.1, -0.05) is 10.6 Å². The molecular formula is C10H11N3O2S. The van der Waals surface area contributed by atoms with E-state index in [9.17, 15) is 4.79 Å². The number of carboxylic acid groups (broad SMARTS) is 1. The fourth-order valence-corrected chi connectivity index (χ4v) is 1.98. The quantitative estimate of drug-likeness (QED) is 0.832. The fraction of sp³-hybridized carbons (Fsp3) is 0.300. The van der Waals surface area contributed by atoms with Crippen LogP contribution in [0.5, 0.6) is 0 Å². The molecule has 0 saturated carbocycles. The maximum Gasteiger partial charge on any atom is 0.323 e. The van der Waals surface area contributed by atoms with E-state index in [4.69, 9.17) is 10.8 Å². The van der Waals surface area contributed by atoms with E-state index in [1.165, 1.54) is 18.5 Å².